The molecule has 8 heteroatoms. The molecule has 1 fully saturated rings. The first-order valence-electron chi connectivity index (χ1n) is 6.26. The van der Waals surface area contributed by atoms with Crippen LogP contribution in [0.15, 0.2) is 21.9 Å². The van der Waals surface area contributed by atoms with Gasteiger partial charge < -0.3 is 14.9 Å². The van der Waals surface area contributed by atoms with Crippen LogP contribution in [0.3, 0.4) is 0 Å². The molecular formula is C12H17FN2O5. The smallest absolute Gasteiger partial charge is 0.330 e. The third-order valence-corrected chi connectivity index (χ3v) is 3.76. The third kappa shape index (κ3) is 2.09. The number of rotatable bonds is 3. The fourth-order valence-electron chi connectivity index (χ4n) is 2.41. The van der Waals surface area contributed by atoms with Crippen LogP contribution in [0.2, 0.25) is 0 Å². The number of ether oxygens (including phenoxy) is 1. The van der Waals surface area contributed by atoms with Crippen molar-refractivity contribution in [1.29, 1.82) is 0 Å². The van der Waals surface area contributed by atoms with E-state index >= 15 is 0 Å². The second kappa shape index (κ2) is 5.12. The standard InChI is InChI=1S/C12H17FN2O5/c1-6(2)12(5-16)9(18)8(13)10(20-12)15-4-3-7(17)14-11(15)19/h3-4,6,8-10,16,18H,5H2,1-2H3,(H,14,17,19)/t8-,9-,10+,12-/m0/s1. The van der Waals surface area contributed by atoms with Gasteiger partial charge in [-0.15, -0.1) is 0 Å². The summed E-state index contributed by atoms with van der Waals surface area (Å²) >= 11 is 0. The van der Waals surface area contributed by atoms with Gasteiger partial charge in [0.25, 0.3) is 5.56 Å². The molecule has 4 atom stereocenters. The number of nitrogens with zero attached hydrogens (tertiary/aromatic N) is 1. The van der Waals surface area contributed by atoms with Gasteiger partial charge in [0.2, 0.25) is 0 Å². The van der Waals surface area contributed by atoms with Gasteiger partial charge in [0.15, 0.2) is 12.4 Å². The average molecular weight is 288 g/mol. The van der Waals surface area contributed by atoms with Gasteiger partial charge in [-0.05, 0) is 5.92 Å². The first kappa shape index (κ1) is 14.9. The van der Waals surface area contributed by atoms with Crippen molar-refractivity contribution < 1.29 is 19.3 Å². The summed E-state index contributed by atoms with van der Waals surface area (Å²) in [5.41, 5.74) is -2.94. The number of aromatic nitrogens is 2. The number of nitrogens with one attached hydrogen (secondary N) is 1. The Hall–Kier alpha value is -1.51. The largest absolute Gasteiger partial charge is 0.393 e. The van der Waals surface area contributed by atoms with Crippen molar-refractivity contribution in [2.24, 2.45) is 5.92 Å². The molecule has 0 saturated carbocycles. The van der Waals surface area contributed by atoms with Gasteiger partial charge in [-0.3, -0.25) is 14.3 Å². The Kier molecular flexibility index (Phi) is 3.81. The third-order valence-electron chi connectivity index (χ3n) is 3.76. The van der Waals surface area contributed by atoms with E-state index in [-0.39, 0.29) is 5.92 Å². The van der Waals surface area contributed by atoms with E-state index in [1.54, 1.807) is 13.8 Å². The van der Waals surface area contributed by atoms with Crippen LogP contribution < -0.4 is 11.2 Å². The molecule has 0 amide bonds. The van der Waals surface area contributed by atoms with E-state index in [4.69, 9.17) is 4.74 Å². The summed E-state index contributed by atoms with van der Waals surface area (Å²) in [4.78, 5) is 24.7. The highest BCUT2D eigenvalue weighted by Gasteiger charge is 2.57. The zero-order valence-corrected chi connectivity index (χ0v) is 11.1. The van der Waals surface area contributed by atoms with Crippen LogP contribution >= 0.6 is 0 Å². The van der Waals surface area contributed by atoms with Crippen molar-refractivity contribution in [2.45, 2.75) is 38.0 Å². The lowest BCUT2D eigenvalue weighted by Gasteiger charge is -2.33. The number of aliphatic hydroxyl groups excluding tert-OH is 2. The van der Waals surface area contributed by atoms with Crippen LogP contribution in [-0.2, 0) is 4.74 Å². The molecule has 0 bridgehead atoms. The molecule has 1 aliphatic rings. The minimum atomic E-state index is -1.90. The van der Waals surface area contributed by atoms with Crippen LogP contribution in [-0.4, -0.2) is 44.2 Å². The Morgan fingerprint density at radius 3 is 2.65 bits per heavy atom. The Morgan fingerprint density at radius 1 is 1.55 bits per heavy atom. The summed E-state index contributed by atoms with van der Waals surface area (Å²) in [6.07, 6.45) is -3.77. The summed E-state index contributed by atoms with van der Waals surface area (Å²) in [6.45, 7) is 2.76. The number of H-pyrrole nitrogens is 1. The van der Waals surface area contributed by atoms with E-state index in [9.17, 15) is 24.2 Å². The summed E-state index contributed by atoms with van der Waals surface area (Å²) in [6, 6.07) is 1.05. The monoisotopic (exact) mass is 288 g/mol. The molecule has 1 saturated heterocycles. The Morgan fingerprint density at radius 2 is 2.20 bits per heavy atom. The van der Waals surface area contributed by atoms with Crippen LogP contribution in [0.4, 0.5) is 4.39 Å². The molecule has 1 aromatic rings. The normalized spacial score (nSPS) is 33.8. The zero-order chi connectivity index (χ0) is 15.1. The second-order valence-corrected chi connectivity index (χ2v) is 5.18. The lowest BCUT2D eigenvalue weighted by atomic mass is 9.85. The van der Waals surface area contributed by atoms with Crippen molar-refractivity contribution >= 4 is 0 Å². The van der Waals surface area contributed by atoms with Gasteiger partial charge in [0, 0.05) is 12.3 Å². The molecule has 112 valence electrons. The SMILES string of the molecule is CC(C)[C@]1(CO)O[C@@H](n2ccc(=O)[nH]c2=O)[C@@H](F)[C@@H]1O. The van der Waals surface area contributed by atoms with Crippen LogP contribution in [0, 0.1) is 5.92 Å². The maximum absolute atomic E-state index is 14.3. The number of hydrogen-bond acceptors (Lipinski definition) is 5. The van der Waals surface area contributed by atoms with Crippen LogP contribution in [0.25, 0.3) is 0 Å². The molecule has 0 radical (unpaired) electrons. The lowest BCUT2D eigenvalue weighted by molar-refractivity contribution is -0.153. The zero-order valence-electron chi connectivity index (χ0n) is 11.1. The summed E-state index contributed by atoms with van der Waals surface area (Å²) in [7, 11) is 0. The Bertz CT molecular complexity index is 598. The molecule has 0 aromatic carbocycles. The molecule has 0 aliphatic carbocycles. The van der Waals surface area contributed by atoms with E-state index in [0.29, 0.717) is 0 Å². The summed E-state index contributed by atoms with van der Waals surface area (Å²) in [5, 5.41) is 19.5. The molecule has 20 heavy (non-hydrogen) atoms. The van der Waals surface area contributed by atoms with E-state index in [1.165, 1.54) is 0 Å². The van der Waals surface area contributed by atoms with E-state index in [2.05, 4.69) is 0 Å². The van der Waals surface area contributed by atoms with Gasteiger partial charge in [-0.25, -0.2) is 9.18 Å². The number of aromatic amines is 1. The van der Waals surface area contributed by atoms with Gasteiger partial charge in [-0.1, -0.05) is 13.8 Å². The van der Waals surface area contributed by atoms with E-state index in [0.717, 1.165) is 16.8 Å². The topological polar surface area (TPSA) is 105 Å². The highest BCUT2D eigenvalue weighted by Crippen LogP contribution is 2.42. The van der Waals surface area contributed by atoms with Crippen LogP contribution in [0.1, 0.15) is 20.1 Å². The molecule has 0 spiro atoms. The molecule has 2 heterocycles. The predicted octanol–water partition coefficient (Wildman–Crippen LogP) is -0.848. The summed E-state index contributed by atoms with van der Waals surface area (Å²) < 4.78 is 20.6. The maximum Gasteiger partial charge on any atom is 0.330 e. The number of alkyl halides is 1. The predicted molar refractivity (Wildman–Crippen MR) is 67.0 cm³/mol. The second-order valence-electron chi connectivity index (χ2n) is 5.18. The number of aliphatic hydroxyl groups is 2. The van der Waals surface area contributed by atoms with Crippen molar-refractivity contribution in [1.82, 2.24) is 9.55 Å². The van der Waals surface area contributed by atoms with Crippen LogP contribution in [0.5, 0.6) is 0 Å². The molecule has 0 unspecified atom stereocenters. The first-order chi connectivity index (χ1) is 9.33. The highest BCUT2D eigenvalue weighted by molar-refractivity contribution is 5.03. The van der Waals surface area contributed by atoms with Crippen molar-refractivity contribution in [3.05, 3.63) is 33.1 Å². The van der Waals surface area contributed by atoms with Crippen molar-refractivity contribution in [2.75, 3.05) is 6.61 Å². The Balaban J connectivity index is 2.45. The van der Waals surface area contributed by atoms with Gasteiger partial charge >= 0.3 is 5.69 Å². The van der Waals surface area contributed by atoms with Gasteiger partial charge in [-0.2, -0.15) is 0 Å². The summed E-state index contributed by atoms with van der Waals surface area (Å²) in [5.74, 6) is -0.371. The maximum atomic E-state index is 14.3. The van der Waals surface area contributed by atoms with Crippen molar-refractivity contribution in [3.63, 3.8) is 0 Å². The molecule has 1 aliphatic heterocycles. The minimum Gasteiger partial charge on any atom is -0.393 e. The van der Waals surface area contributed by atoms with E-state index < -0.39 is 42.0 Å². The van der Waals surface area contributed by atoms with Gasteiger partial charge in [0.05, 0.1) is 6.61 Å². The van der Waals surface area contributed by atoms with Crippen molar-refractivity contribution in [3.8, 4) is 0 Å². The number of halogens is 1. The molecule has 2 rings (SSSR count). The average Bonchev–Trinajstić information content (AvgIpc) is 2.64. The molecule has 1 aromatic heterocycles. The first-order valence-corrected chi connectivity index (χ1v) is 6.26. The fraction of sp³-hybridized carbons (Fsp3) is 0.667. The quantitative estimate of drug-likeness (QED) is 0.672. The van der Waals surface area contributed by atoms with E-state index in [1.807, 2.05) is 4.98 Å². The molecular weight excluding hydrogens is 271 g/mol. The Labute approximate surface area is 113 Å². The molecule has 7 nitrogen and oxygen atoms in total. The molecule has 3 N–H and O–H groups in total. The van der Waals surface area contributed by atoms with Gasteiger partial charge in [0.1, 0.15) is 11.7 Å². The number of hydrogen-bond donors (Lipinski definition) is 3. The lowest BCUT2D eigenvalue weighted by Crippen LogP contribution is -2.49. The minimum absolute atomic E-state index is 0.371. The fourth-order valence-corrected chi connectivity index (χ4v) is 2.41. The highest BCUT2D eigenvalue weighted by atomic mass is 19.1.